The van der Waals surface area contributed by atoms with Gasteiger partial charge in [-0.25, -0.2) is 0 Å². The largest absolute Gasteiger partial charge is 0.103 e. The molecule has 22 heavy (non-hydrogen) atoms. The highest BCUT2D eigenvalue weighted by Gasteiger charge is 2.38. The van der Waals surface area contributed by atoms with Gasteiger partial charge in [0, 0.05) is 5.03 Å². The van der Waals surface area contributed by atoms with Crippen LogP contribution in [0.4, 0.5) is 0 Å². The Morgan fingerprint density at radius 3 is 1.68 bits per heavy atom. The molecule has 1 unspecified atom stereocenters. The fraction of sp³-hybridized carbons (Fsp3) is 0.737. The first-order valence-electron chi connectivity index (χ1n) is 8.17. The third-order valence-corrected chi connectivity index (χ3v) is 15.4. The van der Waals surface area contributed by atoms with Gasteiger partial charge in [-0.3, -0.25) is 0 Å². The van der Waals surface area contributed by atoms with E-state index in [0.717, 1.165) is 6.16 Å². The molecule has 126 valence electrons. The van der Waals surface area contributed by atoms with E-state index in [4.69, 9.17) is 0 Å². The molecule has 0 saturated heterocycles. The van der Waals surface area contributed by atoms with Crippen molar-refractivity contribution in [3.8, 4) is 0 Å². The number of allylic oxidation sites excluding steroid dienone is 1. The first kappa shape index (κ1) is 20.4. The first-order valence-corrected chi connectivity index (χ1v) is 12.4. The minimum Gasteiger partial charge on any atom is -0.103 e. The molecule has 0 fully saturated rings. The Hall–Kier alpha value is 0.380. The number of hydrogen-bond acceptors (Lipinski definition) is 0. The molecule has 0 radical (unpaired) electrons. The summed E-state index contributed by atoms with van der Waals surface area (Å²) < 4.78 is 0. The summed E-state index contributed by atoms with van der Waals surface area (Å²) in [6, 6.07) is 0. The van der Waals surface area contributed by atoms with Gasteiger partial charge in [-0.05, 0) is 39.1 Å². The summed E-state index contributed by atoms with van der Waals surface area (Å²) >= 11 is 0. The SMILES string of the molecule is C=CCP1(C)=C(C(C)(C)C)P=C(C(C)(C)C)P=C1C(C)(C)C. The van der Waals surface area contributed by atoms with Crippen LogP contribution in [0.2, 0.25) is 0 Å². The quantitative estimate of drug-likeness (QED) is 0.361. The summed E-state index contributed by atoms with van der Waals surface area (Å²) in [4.78, 5) is 0. The third kappa shape index (κ3) is 4.26. The van der Waals surface area contributed by atoms with E-state index < -0.39 is 6.89 Å². The third-order valence-electron chi connectivity index (χ3n) is 3.87. The van der Waals surface area contributed by atoms with E-state index in [-0.39, 0.29) is 16.2 Å². The molecule has 0 amide bonds. The van der Waals surface area contributed by atoms with E-state index in [1.54, 1.807) is 15.1 Å². The van der Waals surface area contributed by atoms with E-state index in [9.17, 15) is 0 Å². The van der Waals surface area contributed by atoms with Crippen molar-refractivity contribution >= 4 is 38.4 Å². The predicted octanol–water partition coefficient (Wildman–Crippen LogP) is 7.25. The van der Waals surface area contributed by atoms with Crippen molar-refractivity contribution in [1.29, 1.82) is 0 Å². The molecule has 3 heteroatoms. The molecule has 0 N–H and O–H groups in total. The van der Waals surface area contributed by atoms with E-state index in [0.29, 0.717) is 0 Å². The summed E-state index contributed by atoms with van der Waals surface area (Å²) in [5.74, 6) is 0. The average Bonchev–Trinajstić information content (AvgIpc) is 2.23. The van der Waals surface area contributed by atoms with Gasteiger partial charge in [0.2, 0.25) is 0 Å². The zero-order chi connectivity index (χ0) is 17.6. The van der Waals surface area contributed by atoms with Crippen LogP contribution in [0.25, 0.3) is 0 Å². The van der Waals surface area contributed by atoms with Crippen LogP contribution in [0.15, 0.2) is 12.7 Å². The second kappa shape index (κ2) is 6.36. The molecule has 1 aliphatic heterocycles. The van der Waals surface area contributed by atoms with Crippen molar-refractivity contribution in [2.75, 3.05) is 12.8 Å². The van der Waals surface area contributed by atoms with Gasteiger partial charge < -0.3 is 0 Å². The molecule has 1 rings (SSSR count). The summed E-state index contributed by atoms with van der Waals surface area (Å²) in [5, 5.41) is 5.21. The normalized spacial score (nSPS) is 25.5. The smallest absolute Gasteiger partial charge is 0.0126 e. The average molecular weight is 356 g/mol. The highest BCUT2D eigenvalue weighted by molar-refractivity contribution is 8.11. The van der Waals surface area contributed by atoms with Crippen LogP contribution in [0, 0.1) is 16.2 Å². The van der Waals surface area contributed by atoms with Crippen molar-refractivity contribution < 1.29 is 0 Å². The van der Waals surface area contributed by atoms with Crippen LogP contribution in [-0.4, -0.2) is 27.9 Å². The molecule has 0 nitrogen and oxygen atoms in total. The lowest BCUT2D eigenvalue weighted by Gasteiger charge is -2.42. The monoisotopic (exact) mass is 356 g/mol. The lowest BCUT2D eigenvalue weighted by atomic mass is 9.99. The van der Waals surface area contributed by atoms with Gasteiger partial charge in [0.15, 0.2) is 0 Å². The number of rotatable bonds is 2. The molecule has 0 bridgehead atoms. The fourth-order valence-corrected chi connectivity index (χ4v) is 13.9. The minimum absolute atomic E-state index is 0.260. The lowest BCUT2D eigenvalue weighted by Crippen LogP contribution is -2.30. The first-order chi connectivity index (χ1) is 9.64. The zero-order valence-electron chi connectivity index (χ0n) is 16.3. The van der Waals surface area contributed by atoms with Crippen LogP contribution in [0.1, 0.15) is 62.3 Å². The van der Waals surface area contributed by atoms with Gasteiger partial charge in [-0.15, -0.1) is 6.58 Å². The summed E-state index contributed by atoms with van der Waals surface area (Å²) in [7, 11) is 3.03. The number of hydrogen-bond donors (Lipinski definition) is 0. The predicted molar refractivity (Wildman–Crippen MR) is 115 cm³/mol. The second-order valence-electron chi connectivity index (χ2n) is 9.61. The maximum Gasteiger partial charge on any atom is 0.0126 e. The molecule has 0 aromatic rings. The summed E-state index contributed by atoms with van der Waals surface area (Å²) in [5.41, 5.74) is 0.793. The standard InChI is InChI=1S/C19H35P3/c1-12-13-22(11)15(18(5,6)7)20-14(17(2,3)4)21-16(22)19(8,9)10/h12H,1,13H2,2-11H3. The molecule has 1 atom stereocenters. The molecule has 1 heterocycles. The van der Waals surface area contributed by atoms with Crippen LogP contribution < -0.4 is 0 Å². The fourth-order valence-electron chi connectivity index (χ4n) is 3.13. The maximum absolute atomic E-state index is 4.09. The Labute approximate surface area is 142 Å². The van der Waals surface area contributed by atoms with Crippen LogP contribution in [-0.2, 0) is 0 Å². The van der Waals surface area contributed by atoms with E-state index in [2.05, 4.69) is 81.6 Å². The molecule has 0 aromatic carbocycles. The van der Waals surface area contributed by atoms with E-state index >= 15 is 0 Å². The van der Waals surface area contributed by atoms with Gasteiger partial charge in [-0.1, -0.05) is 91.7 Å². The molecule has 0 saturated carbocycles. The summed E-state index contributed by atoms with van der Waals surface area (Å²) in [6.07, 6.45) is 3.32. The van der Waals surface area contributed by atoms with Crippen molar-refractivity contribution in [2.45, 2.75) is 62.3 Å². The van der Waals surface area contributed by atoms with Crippen LogP contribution >= 0.6 is 23.3 Å². The van der Waals surface area contributed by atoms with Crippen LogP contribution in [0.3, 0.4) is 0 Å². The molecular weight excluding hydrogens is 321 g/mol. The van der Waals surface area contributed by atoms with Gasteiger partial charge in [0.25, 0.3) is 0 Å². The van der Waals surface area contributed by atoms with Crippen molar-refractivity contribution in [3.05, 3.63) is 12.7 Å². The molecule has 0 spiro atoms. The van der Waals surface area contributed by atoms with Gasteiger partial charge >= 0.3 is 0 Å². The molecule has 0 aromatic heterocycles. The van der Waals surface area contributed by atoms with Gasteiger partial charge in [-0.2, -0.15) is 0 Å². The van der Waals surface area contributed by atoms with Gasteiger partial charge in [0.1, 0.15) is 0 Å². The van der Waals surface area contributed by atoms with E-state index in [1.165, 1.54) is 16.4 Å². The Morgan fingerprint density at radius 2 is 1.36 bits per heavy atom. The second-order valence-corrected chi connectivity index (χ2v) is 16.5. The Balaban J connectivity index is 3.88. The van der Waals surface area contributed by atoms with Crippen molar-refractivity contribution in [2.24, 2.45) is 16.2 Å². The lowest BCUT2D eigenvalue weighted by molar-refractivity contribution is 0.603. The highest BCUT2D eigenvalue weighted by atomic mass is 31.2. The Kier molecular flexibility index (Phi) is 5.90. The van der Waals surface area contributed by atoms with Gasteiger partial charge in [0.05, 0.1) is 0 Å². The molecule has 0 aliphatic carbocycles. The minimum atomic E-state index is -1.26. The summed E-state index contributed by atoms with van der Waals surface area (Å²) in [6.45, 7) is 26.9. The van der Waals surface area contributed by atoms with E-state index in [1.807, 2.05) is 0 Å². The zero-order valence-corrected chi connectivity index (χ0v) is 19.0. The topological polar surface area (TPSA) is 0 Å². The molecule has 1 aliphatic rings. The highest BCUT2D eigenvalue weighted by Crippen LogP contribution is 2.62. The van der Waals surface area contributed by atoms with Crippen molar-refractivity contribution in [1.82, 2.24) is 0 Å². The molecular formula is C19H35P3. The maximum atomic E-state index is 4.09. The Bertz CT molecular complexity index is 565. The Morgan fingerprint density at radius 1 is 0.864 bits per heavy atom. The van der Waals surface area contributed by atoms with Crippen LogP contribution in [0.5, 0.6) is 0 Å². The van der Waals surface area contributed by atoms with Crippen molar-refractivity contribution in [3.63, 3.8) is 0 Å².